The standard InChI is InChI=1S/C25H28N4O2S2/c30-23(29-11-6-19(7-12-29)14-18-4-2-1-3-5-18)16-28-10-8-21-22(15-28)33-25(26-21)27-24(31)20-9-13-32-17-20/h1-5,9,13,17,19H,6-8,10-12,14-16H2,(H,26,27,31). The van der Waals surface area contributed by atoms with Crippen LogP contribution in [0.4, 0.5) is 5.13 Å². The summed E-state index contributed by atoms with van der Waals surface area (Å²) in [6.07, 6.45) is 4.07. The van der Waals surface area contributed by atoms with Gasteiger partial charge in [-0.25, -0.2) is 4.98 Å². The molecule has 0 spiro atoms. The number of benzene rings is 1. The Labute approximate surface area is 202 Å². The first-order valence-electron chi connectivity index (χ1n) is 11.5. The molecule has 172 valence electrons. The van der Waals surface area contributed by atoms with Crippen LogP contribution in [0, 0.1) is 5.92 Å². The Morgan fingerprint density at radius 1 is 1.09 bits per heavy atom. The number of rotatable bonds is 6. The molecule has 0 bridgehead atoms. The molecule has 0 aliphatic carbocycles. The molecule has 2 aromatic heterocycles. The van der Waals surface area contributed by atoms with Crippen LogP contribution < -0.4 is 5.32 Å². The topological polar surface area (TPSA) is 65.5 Å². The first kappa shape index (κ1) is 22.3. The number of nitrogens with one attached hydrogen (secondary N) is 1. The van der Waals surface area contributed by atoms with E-state index in [4.69, 9.17) is 0 Å². The number of amides is 2. The molecule has 4 heterocycles. The van der Waals surface area contributed by atoms with Gasteiger partial charge >= 0.3 is 0 Å². The fourth-order valence-electron chi connectivity index (χ4n) is 4.62. The number of aromatic nitrogens is 1. The highest BCUT2D eigenvalue weighted by molar-refractivity contribution is 7.16. The van der Waals surface area contributed by atoms with E-state index in [1.54, 1.807) is 0 Å². The number of hydrogen-bond acceptors (Lipinski definition) is 6. The van der Waals surface area contributed by atoms with Gasteiger partial charge in [-0.2, -0.15) is 11.3 Å². The average Bonchev–Trinajstić information content (AvgIpc) is 3.50. The number of carbonyl (C=O) groups excluding carboxylic acids is 2. The van der Waals surface area contributed by atoms with Gasteiger partial charge in [0.25, 0.3) is 5.91 Å². The normalized spacial score (nSPS) is 17.0. The number of likely N-dealkylation sites (tertiary alicyclic amines) is 1. The van der Waals surface area contributed by atoms with Crippen LogP contribution in [0.1, 0.15) is 39.3 Å². The lowest BCUT2D eigenvalue weighted by Crippen LogP contribution is -2.45. The molecule has 1 N–H and O–H groups in total. The van der Waals surface area contributed by atoms with Gasteiger partial charge in [0.2, 0.25) is 5.91 Å². The Bertz CT molecular complexity index is 1090. The fraction of sp³-hybridized carbons (Fsp3) is 0.400. The minimum atomic E-state index is -0.120. The fourth-order valence-corrected chi connectivity index (χ4v) is 6.31. The van der Waals surface area contributed by atoms with Crippen molar-refractivity contribution >= 4 is 39.6 Å². The van der Waals surface area contributed by atoms with Crippen molar-refractivity contribution < 1.29 is 9.59 Å². The maximum Gasteiger partial charge on any atom is 0.258 e. The van der Waals surface area contributed by atoms with Crippen LogP contribution in [0.15, 0.2) is 47.2 Å². The van der Waals surface area contributed by atoms with Crippen LogP contribution in [-0.2, 0) is 24.2 Å². The lowest BCUT2D eigenvalue weighted by Gasteiger charge is -2.34. The molecule has 0 atom stereocenters. The largest absolute Gasteiger partial charge is 0.342 e. The van der Waals surface area contributed by atoms with Crippen LogP contribution in [-0.4, -0.2) is 52.8 Å². The van der Waals surface area contributed by atoms with E-state index >= 15 is 0 Å². The van der Waals surface area contributed by atoms with E-state index in [9.17, 15) is 9.59 Å². The third-order valence-corrected chi connectivity index (χ3v) is 8.19. The molecule has 0 unspecified atom stereocenters. The number of piperidine rings is 1. The zero-order valence-electron chi connectivity index (χ0n) is 18.5. The van der Waals surface area contributed by atoms with Crippen molar-refractivity contribution in [1.82, 2.24) is 14.8 Å². The highest BCUT2D eigenvalue weighted by atomic mass is 32.1. The van der Waals surface area contributed by atoms with Gasteiger partial charge < -0.3 is 4.90 Å². The van der Waals surface area contributed by atoms with Gasteiger partial charge in [-0.1, -0.05) is 30.3 Å². The molecule has 2 aliphatic rings. The quantitative estimate of drug-likeness (QED) is 0.571. The van der Waals surface area contributed by atoms with Crippen LogP contribution in [0.3, 0.4) is 0 Å². The predicted molar refractivity (Wildman–Crippen MR) is 133 cm³/mol. The van der Waals surface area contributed by atoms with Gasteiger partial charge in [0.15, 0.2) is 5.13 Å². The summed E-state index contributed by atoms with van der Waals surface area (Å²) in [4.78, 5) is 35.3. The van der Waals surface area contributed by atoms with E-state index in [-0.39, 0.29) is 11.8 Å². The molecule has 0 saturated carbocycles. The monoisotopic (exact) mass is 480 g/mol. The highest BCUT2D eigenvalue weighted by Crippen LogP contribution is 2.29. The van der Waals surface area contributed by atoms with E-state index in [0.717, 1.165) is 62.4 Å². The Hall–Kier alpha value is -2.55. The van der Waals surface area contributed by atoms with E-state index in [2.05, 4.69) is 45.5 Å². The maximum atomic E-state index is 12.9. The molecule has 6 nitrogen and oxygen atoms in total. The number of carbonyl (C=O) groups is 2. The molecular formula is C25H28N4O2S2. The van der Waals surface area contributed by atoms with Crippen molar-refractivity contribution in [3.63, 3.8) is 0 Å². The Morgan fingerprint density at radius 2 is 1.91 bits per heavy atom. The molecular weight excluding hydrogens is 452 g/mol. The number of anilines is 1. The van der Waals surface area contributed by atoms with E-state index in [1.165, 1.54) is 28.2 Å². The van der Waals surface area contributed by atoms with Gasteiger partial charge in [0.05, 0.1) is 17.8 Å². The molecule has 33 heavy (non-hydrogen) atoms. The SMILES string of the molecule is O=C(Nc1nc2c(s1)CN(CC(=O)N1CCC(Cc3ccccc3)CC1)CC2)c1ccsc1. The number of thiazole rings is 1. The summed E-state index contributed by atoms with van der Waals surface area (Å²) in [6, 6.07) is 12.5. The van der Waals surface area contributed by atoms with Gasteiger partial charge in [-0.3, -0.25) is 19.8 Å². The third-order valence-electron chi connectivity index (χ3n) is 6.51. The zero-order chi connectivity index (χ0) is 22.6. The molecule has 2 aliphatic heterocycles. The first-order valence-corrected chi connectivity index (χ1v) is 13.3. The second kappa shape index (κ2) is 10.2. The van der Waals surface area contributed by atoms with Crippen molar-refractivity contribution in [2.24, 2.45) is 5.92 Å². The summed E-state index contributed by atoms with van der Waals surface area (Å²) < 4.78 is 0. The lowest BCUT2D eigenvalue weighted by molar-refractivity contribution is -0.134. The molecule has 1 fully saturated rings. The summed E-state index contributed by atoms with van der Waals surface area (Å²) in [5, 5.41) is 7.28. The summed E-state index contributed by atoms with van der Waals surface area (Å²) in [6.45, 7) is 3.71. The number of fused-ring (bicyclic) bond motifs is 1. The number of hydrogen-bond donors (Lipinski definition) is 1. The van der Waals surface area contributed by atoms with Crippen molar-refractivity contribution in [3.8, 4) is 0 Å². The third kappa shape index (κ3) is 5.51. The Balaban J connectivity index is 1.10. The van der Waals surface area contributed by atoms with Gasteiger partial charge in [0, 0.05) is 42.9 Å². The summed E-state index contributed by atoms with van der Waals surface area (Å²) in [5.41, 5.74) is 3.10. The molecule has 5 rings (SSSR count). The Kier molecular flexibility index (Phi) is 6.85. The second-order valence-electron chi connectivity index (χ2n) is 8.83. The van der Waals surface area contributed by atoms with E-state index in [1.807, 2.05) is 21.7 Å². The summed E-state index contributed by atoms with van der Waals surface area (Å²) in [7, 11) is 0. The average molecular weight is 481 g/mol. The number of nitrogens with zero attached hydrogens (tertiary/aromatic N) is 3. The van der Waals surface area contributed by atoms with Gasteiger partial charge in [0.1, 0.15) is 0 Å². The second-order valence-corrected chi connectivity index (χ2v) is 10.7. The van der Waals surface area contributed by atoms with E-state index in [0.29, 0.717) is 23.2 Å². The van der Waals surface area contributed by atoms with Crippen LogP contribution in [0.5, 0.6) is 0 Å². The van der Waals surface area contributed by atoms with Crippen molar-refractivity contribution in [1.29, 1.82) is 0 Å². The minimum Gasteiger partial charge on any atom is -0.342 e. The summed E-state index contributed by atoms with van der Waals surface area (Å²) in [5.74, 6) is 0.769. The molecule has 3 aromatic rings. The van der Waals surface area contributed by atoms with Crippen molar-refractivity contribution in [2.45, 2.75) is 32.2 Å². The lowest BCUT2D eigenvalue weighted by atomic mass is 9.90. The molecule has 2 amide bonds. The van der Waals surface area contributed by atoms with Crippen molar-refractivity contribution in [2.75, 3.05) is 31.5 Å². The molecule has 0 radical (unpaired) electrons. The molecule has 1 saturated heterocycles. The smallest absolute Gasteiger partial charge is 0.258 e. The Morgan fingerprint density at radius 3 is 2.67 bits per heavy atom. The van der Waals surface area contributed by atoms with Crippen LogP contribution in [0.2, 0.25) is 0 Å². The van der Waals surface area contributed by atoms with Crippen molar-refractivity contribution in [3.05, 3.63) is 68.9 Å². The molecule has 1 aromatic carbocycles. The van der Waals surface area contributed by atoms with Crippen LogP contribution >= 0.6 is 22.7 Å². The van der Waals surface area contributed by atoms with Crippen LogP contribution in [0.25, 0.3) is 0 Å². The molecule has 8 heteroatoms. The minimum absolute atomic E-state index is 0.120. The predicted octanol–water partition coefficient (Wildman–Crippen LogP) is 4.30. The maximum absolute atomic E-state index is 12.9. The van der Waals surface area contributed by atoms with Gasteiger partial charge in [-0.05, 0) is 42.2 Å². The van der Waals surface area contributed by atoms with Gasteiger partial charge in [-0.15, -0.1) is 11.3 Å². The van der Waals surface area contributed by atoms with E-state index < -0.39 is 0 Å². The zero-order valence-corrected chi connectivity index (χ0v) is 20.2. The first-order chi connectivity index (χ1) is 16.1. The number of thiophene rings is 1. The summed E-state index contributed by atoms with van der Waals surface area (Å²) >= 11 is 3.03. The highest BCUT2D eigenvalue weighted by Gasteiger charge is 2.27.